The fourth-order valence-electron chi connectivity index (χ4n) is 3.66. The van der Waals surface area contributed by atoms with Gasteiger partial charge in [0.25, 0.3) is 0 Å². The summed E-state index contributed by atoms with van der Waals surface area (Å²) < 4.78 is 48.7. The van der Waals surface area contributed by atoms with Gasteiger partial charge in [-0.15, -0.1) is 0 Å². The van der Waals surface area contributed by atoms with E-state index in [1.54, 1.807) is 4.68 Å². The Labute approximate surface area is 190 Å². The Bertz CT molecular complexity index is 1340. The van der Waals surface area contributed by atoms with Crippen LogP contribution in [0.3, 0.4) is 0 Å². The van der Waals surface area contributed by atoms with Gasteiger partial charge in [-0.1, -0.05) is 19.6 Å². The number of aryl methyl sites for hydroxylation is 1. The summed E-state index contributed by atoms with van der Waals surface area (Å²) in [7, 11) is -1.18. The Morgan fingerprint density at radius 3 is 2.58 bits per heavy atom. The van der Waals surface area contributed by atoms with E-state index in [9.17, 15) is 18.0 Å². The molecule has 1 aromatic carbocycles. The molecular weight excluding hydrogens is 449 g/mol. The highest BCUT2D eigenvalue weighted by molar-refractivity contribution is 6.76. The van der Waals surface area contributed by atoms with Crippen LogP contribution in [0.1, 0.15) is 21.6 Å². The molecule has 6 nitrogen and oxygen atoms in total. The Morgan fingerprint density at radius 1 is 1.15 bits per heavy atom. The van der Waals surface area contributed by atoms with Gasteiger partial charge in [-0.3, -0.25) is 4.79 Å². The van der Waals surface area contributed by atoms with Crippen LogP contribution < -0.4 is 0 Å². The molecule has 0 aliphatic carbocycles. The molecule has 174 valence electrons. The van der Waals surface area contributed by atoms with Gasteiger partial charge in [0.05, 0.1) is 5.52 Å². The zero-order valence-corrected chi connectivity index (χ0v) is 19.9. The predicted octanol–water partition coefficient (Wildman–Crippen LogP) is 5.83. The number of alkyl halides is 3. The van der Waals surface area contributed by atoms with Crippen LogP contribution in [0.4, 0.5) is 13.2 Å². The Morgan fingerprint density at radius 2 is 1.91 bits per heavy atom. The highest BCUT2D eigenvalue weighted by Crippen LogP contribution is 2.32. The average Bonchev–Trinajstić information content (AvgIpc) is 3.30. The number of carbonyl (C=O) groups excluding carboxylic acids is 1. The molecule has 3 heterocycles. The molecule has 0 N–H and O–H groups in total. The van der Waals surface area contributed by atoms with Gasteiger partial charge in [-0.05, 0) is 42.8 Å². The van der Waals surface area contributed by atoms with Crippen molar-refractivity contribution in [2.45, 2.75) is 45.5 Å². The van der Waals surface area contributed by atoms with Crippen LogP contribution in [0.5, 0.6) is 0 Å². The molecule has 0 saturated heterocycles. The van der Waals surface area contributed by atoms with E-state index >= 15 is 0 Å². The van der Waals surface area contributed by atoms with E-state index in [1.807, 2.05) is 25.3 Å². The number of hydrogen-bond donors (Lipinski definition) is 0. The van der Waals surface area contributed by atoms with Gasteiger partial charge in [-0.2, -0.15) is 18.3 Å². The van der Waals surface area contributed by atoms with Crippen molar-refractivity contribution in [1.82, 2.24) is 19.3 Å². The Kier molecular flexibility index (Phi) is 5.91. The zero-order valence-electron chi connectivity index (χ0n) is 18.9. The molecule has 0 aliphatic rings. The normalized spacial score (nSPS) is 12.7. The molecular formula is C23H25F3N4O2Si. The molecule has 33 heavy (non-hydrogen) atoms. The van der Waals surface area contributed by atoms with Crippen molar-refractivity contribution in [3.8, 4) is 5.69 Å². The van der Waals surface area contributed by atoms with Crippen molar-refractivity contribution in [2.24, 2.45) is 0 Å². The van der Waals surface area contributed by atoms with Gasteiger partial charge in [0.2, 0.25) is 0 Å². The second kappa shape index (κ2) is 8.42. The summed E-state index contributed by atoms with van der Waals surface area (Å²) in [5.41, 5.74) is 1.58. The lowest BCUT2D eigenvalue weighted by Gasteiger charge is -2.15. The third-order valence-corrected chi connectivity index (χ3v) is 7.13. The predicted molar refractivity (Wildman–Crippen MR) is 124 cm³/mol. The van der Waals surface area contributed by atoms with Crippen LogP contribution in [0.25, 0.3) is 27.6 Å². The third kappa shape index (κ3) is 4.86. The number of carbonyl (C=O) groups is 1. The van der Waals surface area contributed by atoms with E-state index in [0.717, 1.165) is 28.6 Å². The molecule has 0 saturated carbocycles. The fraction of sp³-hybridized carbons (Fsp3) is 0.348. The second-order valence-corrected chi connectivity index (χ2v) is 15.0. The first-order valence-corrected chi connectivity index (χ1v) is 14.3. The highest BCUT2D eigenvalue weighted by atomic mass is 28.3. The van der Waals surface area contributed by atoms with Gasteiger partial charge in [0.15, 0.2) is 6.29 Å². The van der Waals surface area contributed by atoms with E-state index in [2.05, 4.69) is 29.7 Å². The van der Waals surface area contributed by atoms with Crippen molar-refractivity contribution >= 4 is 36.3 Å². The zero-order chi connectivity index (χ0) is 24.0. The fourth-order valence-corrected chi connectivity index (χ4v) is 4.41. The number of rotatable bonds is 7. The third-order valence-electron chi connectivity index (χ3n) is 5.43. The molecule has 0 amide bonds. The summed E-state index contributed by atoms with van der Waals surface area (Å²) in [4.78, 5) is 15.3. The standard InChI is InChI=1S/C23H25F3N4O2Si/c1-15-9-18(10-16-11-29(28-21(15)16)14-32-7-8-33(2,3)4)30-12-17(13-31)19-5-6-20(23(24,25)26)27-22(19)30/h5-6,9-13H,7-8,14H2,1-4H3. The number of aromatic nitrogens is 4. The minimum absolute atomic E-state index is 0.0766. The van der Waals surface area contributed by atoms with E-state index < -0.39 is 19.9 Å². The summed E-state index contributed by atoms with van der Waals surface area (Å²) in [6, 6.07) is 6.88. The van der Waals surface area contributed by atoms with Gasteiger partial charge in [-0.25, -0.2) is 9.67 Å². The molecule has 4 aromatic rings. The lowest BCUT2D eigenvalue weighted by atomic mass is 10.1. The number of benzene rings is 1. The van der Waals surface area contributed by atoms with E-state index in [0.29, 0.717) is 30.7 Å². The van der Waals surface area contributed by atoms with Crippen molar-refractivity contribution in [2.75, 3.05) is 6.61 Å². The lowest BCUT2D eigenvalue weighted by molar-refractivity contribution is -0.141. The molecule has 0 bridgehead atoms. The SMILES string of the molecule is Cc1cc(-n2cc(C=O)c3ccc(C(F)(F)F)nc32)cc2cn(COCC[Si](C)(C)C)nc12. The van der Waals surface area contributed by atoms with Crippen molar-refractivity contribution < 1.29 is 22.7 Å². The van der Waals surface area contributed by atoms with Gasteiger partial charge in [0.1, 0.15) is 18.1 Å². The summed E-state index contributed by atoms with van der Waals surface area (Å²) in [6.07, 6.45) is -0.604. The molecule has 4 rings (SSSR count). The van der Waals surface area contributed by atoms with E-state index in [1.165, 1.54) is 16.8 Å². The number of ether oxygens (including phenoxy) is 1. The monoisotopic (exact) mass is 474 g/mol. The first kappa shape index (κ1) is 23.2. The van der Waals surface area contributed by atoms with Gasteiger partial charge >= 0.3 is 6.18 Å². The smallest absolute Gasteiger partial charge is 0.360 e. The first-order valence-electron chi connectivity index (χ1n) is 10.6. The largest absolute Gasteiger partial charge is 0.433 e. The summed E-state index contributed by atoms with van der Waals surface area (Å²) in [5.74, 6) is 0. The molecule has 0 atom stereocenters. The number of halogens is 3. The molecule has 0 aliphatic heterocycles. The number of nitrogens with zero attached hydrogens (tertiary/aromatic N) is 4. The van der Waals surface area contributed by atoms with Crippen LogP contribution in [0.15, 0.2) is 36.7 Å². The Hall–Kier alpha value is -2.98. The maximum absolute atomic E-state index is 13.2. The van der Waals surface area contributed by atoms with Crippen molar-refractivity contribution in [3.05, 3.63) is 53.5 Å². The minimum Gasteiger partial charge on any atom is -0.360 e. The Balaban J connectivity index is 1.72. The van der Waals surface area contributed by atoms with Gasteiger partial charge in [0, 0.05) is 49.1 Å². The van der Waals surface area contributed by atoms with Crippen molar-refractivity contribution in [1.29, 1.82) is 0 Å². The van der Waals surface area contributed by atoms with Crippen LogP contribution in [-0.2, 0) is 17.6 Å². The number of fused-ring (bicyclic) bond motifs is 2. The summed E-state index contributed by atoms with van der Waals surface area (Å²) in [5, 5.41) is 5.77. The number of pyridine rings is 1. The molecule has 0 radical (unpaired) electrons. The van der Waals surface area contributed by atoms with Crippen LogP contribution in [-0.4, -0.2) is 40.3 Å². The molecule has 0 fully saturated rings. The lowest BCUT2D eigenvalue weighted by Crippen LogP contribution is -2.22. The molecule has 3 aromatic heterocycles. The first-order chi connectivity index (χ1) is 15.5. The molecule has 10 heteroatoms. The number of aldehydes is 1. The van der Waals surface area contributed by atoms with E-state index in [4.69, 9.17) is 4.74 Å². The summed E-state index contributed by atoms with van der Waals surface area (Å²) in [6.45, 7) is 9.75. The highest BCUT2D eigenvalue weighted by Gasteiger charge is 2.33. The molecule has 0 spiro atoms. The minimum atomic E-state index is -4.58. The topological polar surface area (TPSA) is 61.9 Å². The summed E-state index contributed by atoms with van der Waals surface area (Å²) >= 11 is 0. The maximum atomic E-state index is 13.2. The van der Waals surface area contributed by atoms with Crippen LogP contribution in [0.2, 0.25) is 25.7 Å². The van der Waals surface area contributed by atoms with Crippen LogP contribution >= 0.6 is 0 Å². The van der Waals surface area contributed by atoms with E-state index in [-0.39, 0.29) is 11.2 Å². The average molecular weight is 475 g/mol. The van der Waals surface area contributed by atoms with Crippen LogP contribution in [0, 0.1) is 6.92 Å². The maximum Gasteiger partial charge on any atom is 0.433 e. The number of hydrogen-bond acceptors (Lipinski definition) is 4. The molecule has 0 unspecified atom stereocenters. The second-order valence-electron chi connectivity index (χ2n) is 9.35. The van der Waals surface area contributed by atoms with Gasteiger partial charge < -0.3 is 9.30 Å². The quantitative estimate of drug-likeness (QED) is 0.192. The van der Waals surface area contributed by atoms with Crippen molar-refractivity contribution in [3.63, 3.8) is 0 Å².